The van der Waals surface area contributed by atoms with Crippen LogP contribution in [0.25, 0.3) is 33.3 Å². The summed E-state index contributed by atoms with van der Waals surface area (Å²) in [7, 11) is 0. The second-order valence-electron chi connectivity index (χ2n) is 14.8. The first-order valence-corrected chi connectivity index (χ1v) is 19.3. The van der Waals surface area contributed by atoms with Crippen molar-refractivity contribution in [1.29, 1.82) is 0 Å². The number of unbranched alkanes of at least 4 members (excludes halogenated alkanes) is 4. The van der Waals surface area contributed by atoms with Gasteiger partial charge in [-0.2, -0.15) is 0 Å². The number of amides is 5. The highest BCUT2D eigenvalue weighted by Crippen LogP contribution is 2.33. The molecule has 3 aromatic carbocycles. The van der Waals surface area contributed by atoms with Crippen LogP contribution in [0, 0.1) is 5.82 Å². The summed E-state index contributed by atoms with van der Waals surface area (Å²) in [4.78, 5) is 92.3. The van der Waals surface area contributed by atoms with E-state index >= 15 is 0 Å². The van der Waals surface area contributed by atoms with Crippen molar-refractivity contribution < 1.29 is 28.4 Å². The Morgan fingerprint density at radius 1 is 0.860 bits per heavy atom. The van der Waals surface area contributed by atoms with Gasteiger partial charge in [0.15, 0.2) is 0 Å². The van der Waals surface area contributed by atoms with Gasteiger partial charge < -0.3 is 25.9 Å². The monoisotopic (exact) mass is 775 g/mol. The number of benzene rings is 3. The molecule has 5 heterocycles. The third-order valence-electron chi connectivity index (χ3n) is 11.1. The fourth-order valence-electron chi connectivity index (χ4n) is 8.09. The van der Waals surface area contributed by atoms with Crippen LogP contribution in [0.1, 0.15) is 72.1 Å². The van der Waals surface area contributed by atoms with E-state index in [0.29, 0.717) is 17.5 Å². The molecule has 294 valence electrons. The number of piperazine rings is 1. The summed E-state index contributed by atoms with van der Waals surface area (Å²) in [6.45, 7) is 4.55. The van der Waals surface area contributed by atoms with Gasteiger partial charge in [-0.1, -0.05) is 31.4 Å². The predicted molar refractivity (Wildman–Crippen MR) is 212 cm³/mol. The molecule has 8 rings (SSSR count). The highest BCUT2D eigenvalue weighted by molar-refractivity contribution is 6.26. The lowest BCUT2D eigenvalue weighted by molar-refractivity contribution is -0.136. The SMILES string of the molecule is Nc1c(-c2nc3ccc(N4CCN(CCCCCCCC(=O)Nc5cccc6c5C(=O)N(C5CCC(=O)NC5=O)C6=O)CC4)cc3[nH]2)c(=O)[nH]c2cccc(F)c12. The standard InChI is InChI=1S/C41H42FN9O6/c42-25-9-7-11-28-34(25)36(43)35(39(55)47-28)37-45-26-14-13-23(22-29(26)46-37)50-20-18-49(19-21-50)17-5-3-1-2-4-12-31(52)44-27-10-6-8-24-33(27)41(57)51(40(24)56)30-15-16-32(53)48-38(30)54/h6-11,13-14,22,30H,1-5,12,15-21H2,(H,44,52)(H,45,46)(H3,43,47,55)(H,48,53,54). The molecule has 0 bridgehead atoms. The molecule has 2 aromatic heterocycles. The largest absolute Gasteiger partial charge is 0.397 e. The smallest absolute Gasteiger partial charge is 0.264 e. The first kappa shape index (κ1) is 37.5. The molecule has 2 saturated heterocycles. The molecule has 15 nitrogen and oxygen atoms in total. The van der Waals surface area contributed by atoms with Crippen LogP contribution in [-0.4, -0.2) is 93.1 Å². The minimum atomic E-state index is -1.07. The van der Waals surface area contributed by atoms with E-state index in [1.165, 1.54) is 18.2 Å². The fourth-order valence-corrected chi connectivity index (χ4v) is 8.09. The fraction of sp³-hybridized carbons (Fsp3) is 0.341. The number of fused-ring (bicyclic) bond motifs is 3. The van der Waals surface area contributed by atoms with Crippen LogP contribution in [0.4, 0.5) is 21.5 Å². The molecule has 0 aliphatic carbocycles. The Morgan fingerprint density at radius 2 is 1.63 bits per heavy atom. The maximum atomic E-state index is 14.6. The van der Waals surface area contributed by atoms with Crippen molar-refractivity contribution in [2.75, 3.05) is 48.7 Å². The minimum absolute atomic E-state index is 0.0299. The van der Waals surface area contributed by atoms with Crippen LogP contribution < -0.4 is 26.8 Å². The van der Waals surface area contributed by atoms with Crippen molar-refractivity contribution in [2.24, 2.45) is 0 Å². The summed E-state index contributed by atoms with van der Waals surface area (Å²) in [6, 6.07) is 13.9. The number of carbonyl (C=O) groups is 5. The first-order chi connectivity index (χ1) is 27.6. The van der Waals surface area contributed by atoms with Crippen LogP contribution in [0.5, 0.6) is 0 Å². The van der Waals surface area contributed by atoms with E-state index in [1.54, 1.807) is 18.2 Å². The summed E-state index contributed by atoms with van der Waals surface area (Å²) in [5.41, 5.74) is 9.23. The number of nitrogens with two attached hydrogens (primary N) is 1. The Bertz CT molecular complexity index is 2510. The van der Waals surface area contributed by atoms with Crippen molar-refractivity contribution in [1.82, 2.24) is 30.1 Å². The summed E-state index contributed by atoms with van der Waals surface area (Å²) in [5.74, 6) is -2.89. The van der Waals surface area contributed by atoms with Crippen LogP contribution >= 0.6 is 0 Å². The molecule has 5 aromatic rings. The van der Waals surface area contributed by atoms with Gasteiger partial charge in [0.25, 0.3) is 17.4 Å². The van der Waals surface area contributed by atoms with Crippen molar-refractivity contribution >= 4 is 68.5 Å². The van der Waals surface area contributed by atoms with Crippen LogP contribution in [-0.2, 0) is 14.4 Å². The van der Waals surface area contributed by atoms with Crippen LogP contribution in [0.15, 0.2) is 59.4 Å². The van der Waals surface area contributed by atoms with Crippen molar-refractivity contribution in [3.63, 3.8) is 0 Å². The number of nitrogen functional groups attached to an aromatic ring is 1. The topological polar surface area (TPSA) is 207 Å². The second-order valence-corrected chi connectivity index (χ2v) is 14.8. The number of nitrogens with zero attached hydrogens (tertiary/aromatic N) is 4. The number of anilines is 3. The van der Waals surface area contributed by atoms with Gasteiger partial charge in [-0.05, 0) is 68.3 Å². The van der Waals surface area contributed by atoms with E-state index in [-0.39, 0.29) is 64.4 Å². The lowest BCUT2D eigenvalue weighted by atomic mass is 10.0. The molecule has 0 radical (unpaired) electrons. The molecule has 5 amide bonds. The highest BCUT2D eigenvalue weighted by atomic mass is 19.1. The summed E-state index contributed by atoms with van der Waals surface area (Å²) in [5, 5.41) is 5.13. The molecule has 2 fully saturated rings. The molecule has 1 unspecified atom stereocenters. The van der Waals surface area contributed by atoms with Gasteiger partial charge in [0.05, 0.1) is 44.4 Å². The maximum Gasteiger partial charge on any atom is 0.264 e. The Kier molecular flexibility index (Phi) is 10.3. The van der Waals surface area contributed by atoms with E-state index < -0.39 is 41.0 Å². The number of imide groups is 2. The van der Waals surface area contributed by atoms with Gasteiger partial charge in [0.2, 0.25) is 17.7 Å². The van der Waals surface area contributed by atoms with E-state index in [2.05, 4.69) is 35.4 Å². The number of carbonyl (C=O) groups excluding carboxylic acids is 5. The molecule has 0 saturated carbocycles. The summed E-state index contributed by atoms with van der Waals surface area (Å²) in [6.07, 6.45) is 4.99. The third kappa shape index (κ3) is 7.35. The van der Waals surface area contributed by atoms with Gasteiger partial charge in [-0.25, -0.2) is 9.37 Å². The molecule has 1 atom stereocenters. The van der Waals surface area contributed by atoms with E-state index in [4.69, 9.17) is 5.73 Å². The number of hydrogen-bond acceptors (Lipinski definition) is 10. The molecule has 3 aliphatic rings. The van der Waals surface area contributed by atoms with Gasteiger partial charge in [0, 0.05) is 44.7 Å². The maximum absolute atomic E-state index is 14.6. The van der Waals surface area contributed by atoms with Crippen molar-refractivity contribution in [3.8, 4) is 11.4 Å². The second kappa shape index (κ2) is 15.6. The number of aromatic nitrogens is 3. The zero-order valence-electron chi connectivity index (χ0n) is 31.2. The average Bonchev–Trinajstić information content (AvgIpc) is 3.72. The van der Waals surface area contributed by atoms with Crippen LogP contribution in [0.3, 0.4) is 0 Å². The predicted octanol–water partition coefficient (Wildman–Crippen LogP) is 4.30. The zero-order valence-corrected chi connectivity index (χ0v) is 31.2. The summed E-state index contributed by atoms with van der Waals surface area (Å²) >= 11 is 0. The quantitative estimate of drug-likeness (QED) is 0.0898. The van der Waals surface area contributed by atoms with Gasteiger partial charge in [-0.3, -0.25) is 43.9 Å². The van der Waals surface area contributed by atoms with Crippen molar-refractivity contribution in [3.05, 3.63) is 81.9 Å². The van der Waals surface area contributed by atoms with Gasteiger partial charge >= 0.3 is 0 Å². The number of nitrogens with one attached hydrogen (secondary N) is 4. The first-order valence-electron chi connectivity index (χ1n) is 19.3. The number of imidazole rings is 1. The van der Waals surface area contributed by atoms with E-state index in [0.717, 1.165) is 74.5 Å². The van der Waals surface area contributed by atoms with Gasteiger partial charge in [-0.15, -0.1) is 0 Å². The number of H-pyrrole nitrogens is 2. The number of aromatic amines is 2. The normalized spacial score (nSPS) is 17.5. The molecule has 6 N–H and O–H groups in total. The van der Waals surface area contributed by atoms with Crippen LogP contribution in [0.2, 0.25) is 0 Å². The molecular weight excluding hydrogens is 734 g/mol. The number of halogens is 1. The molecular formula is C41H42FN9O6. The van der Waals surface area contributed by atoms with E-state index in [9.17, 15) is 33.2 Å². The Labute approximate surface area is 325 Å². The summed E-state index contributed by atoms with van der Waals surface area (Å²) < 4.78 is 14.6. The van der Waals surface area contributed by atoms with Gasteiger partial charge in [0.1, 0.15) is 23.2 Å². The van der Waals surface area contributed by atoms with E-state index in [1.807, 2.05) is 18.2 Å². The molecule has 0 spiro atoms. The lowest BCUT2D eigenvalue weighted by Gasteiger charge is -2.36. The Balaban J connectivity index is 0.762. The average molecular weight is 776 g/mol. The highest BCUT2D eigenvalue weighted by Gasteiger charge is 2.45. The third-order valence-corrected chi connectivity index (χ3v) is 11.1. The number of pyridine rings is 1. The minimum Gasteiger partial charge on any atom is -0.397 e. The lowest BCUT2D eigenvalue weighted by Crippen LogP contribution is -2.54. The van der Waals surface area contributed by atoms with Crippen molar-refractivity contribution in [2.45, 2.75) is 57.4 Å². The number of hydrogen-bond donors (Lipinski definition) is 5. The number of rotatable bonds is 12. The molecule has 57 heavy (non-hydrogen) atoms. The number of piperidine rings is 1. The molecule has 16 heteroatoms. The Morgan fingerprint density at radius 3 is 2.44 bits per heavy atom. The molecule has 3 aliphatic heterocycles. The zero-order chi connectivity index (χ0) is 39.8. The Hall–Kier alpha value is -6.42.